The normalized spacial score (nSPS) is 18.0. The van der Waals surface area contributed by atoms with Gasteiger partial charge in [-0.1, -0.05) is 6.92 Å². The molecule has 1 atom stereocenters. The zero-order valence-electron chi connectivity index (χ0n) is 9.44. The van der Waals surface area contributed by atoms with Crippen LogP contribution in [0.4, 0.5) is 0 Å². The molecule has 0 amide bonds. The van der Waals surface area contributed by atoms with Gasteiger partial charge in [-0.25, -0.2) is 0 Å². The van der Waals surface area contributed by atoms with Crippen molar-refractivity contribution < 1.29 is 0 Å². The minimum absolute atomic E-state index is 0.732. The van der Waals surface area contributed by atoms with Gasteiger partial charge in [0.15, 0.2) is 0 Å². The predicted octanol–water partition coefficient (Wildman–Crippen LogP) is 1.90. The van der Waals surface area contributed by atoms with Gasteiger partial charge in [-0.05, 0) is 25.3 Å². The first-order valence-corrected chi connectivity index (χ1v) is 6.57. The largest absolute Gasteiger partial charge is 0.314 e. The Morgan fingerprint density at radius 3 is 3.07 bits per heavy atom. The van der Waals surface area contributed by atoms with Crippen molar-refractivity contribution in [2.45, 2.75) is 30.7 Å². The van der Waals surface area contributed by atoms with E-state index >= 15 is 0 Å². The van der Waals surface area contributed by atoms with Gasteiger partial charge in [-0.2, -0.15) is 5.10 Å². The van der Waals surface area contributed by atoms with E-state index in [0.29, 0.717) is 0 Å². The van der Waals surface area contributed by atoms with Gasteiger partial charge in [-0.3, -0.25) is 4.68 Å². The van der Waals surface area contributed by atoms with E-state index in [1.54, 1.807) is 0 Å². The molecule has 0 spiro atoms. The van der Waals surface area contributed by atoms with Crippen LogP contribution in [0.25, 0.3) is 0 Å². The second kappa shape index (κ2) is 5.03. The number of aryl methyl sites for hydroxylation is 1. The number of hydrogen-bond donors (Lipinski definition) is 1. The van der Waals surface area contributed by atoms with E-state index in [2.05, 4.69) is 23.5 Å². The van der Waals surface area contributed by atoms with Crippen molar-refractivity contribution in [2.24, 2.45) is 13.0 Å². The maximum atomic E-state index is 4.16. The van der Waals surface area contributed by atoms with Gasteiger partial charge in [0.2, 0.25) is 0 Å². The molecule has 0 radical (unpaired) electrons. The highest BCUT2D eigenvalue weighted by Gasteiger charge is 2.20. The van der Waals surface area contributed by atoms with Gasteiger partial charge in [0.25, 0.3) is 0 Å². The minimum atomic E-state index is 0.732. The van der Waals surface area contributed by atoms with Crippen LogP contribution in [0.2, 0.25) is 0 Å². The molecule has 1 unspecified atom stereocenters. The van der Waals surface area contributed by atoms with Crippen molar-refractivity contribution in [3.8, 4) is 0 Å². The highest BCUT2D eigenvalue weighted by molar-refractivity contribution is 7.99. The summed E-state index contributed by atoms with van der Waals surface area (Å²) < 4.78 is 1.86. The fourth-order valence-electron chi connectivity index (χ4n) is 1.43. The Bertz CT molecular complexity index is 307. The molecule has 1 heterocycles. The van der Waals surface area contributed by atoms with E-state index in [0.717, 1.165) is 18.5 Å². The van der Waals surface area contributed by atoms with Gasteiger partial charge in [0.05, 0.1) is 6.20 Å². The third-order valence-corrected chi connectivity index (χ3v) is 3.83. The third-order valence-electron chi connectivity index (χ3n) is 2.55. The molecule has 1 aromatic heterocycles. The molecule has 2 rings (SSSR count). The molecule has 1 aliphatic carbocycles. The molecule has 1 aromatic rings. The van der Waals surface area contributed by atoms with E-state index in [-0.39, 0.29) is 0 Å². The quantitative estimate of drug-likeness (QED) is 0.750. The lowest BCUT2D eigenvalue weighted by molar-refractivity contribution is 0.557. The summed E-state index contributed by atoms with van der Waals surface area (Å²) in [6.45, 7) is 3.46. The van der Waals surface area contributed by atoms with E-state index in [1.165, 1.54) is 23.5 Å². The Hall–Kier alpha value is -0.480. The summed E-state index contributed by atoms with van der Waals surface area (Å²) in [6.07, 6.45) is 6.77. The van der Waals surface area contributed by atoms with Crippen LogP contribution in [-0.2, 0) is 7.05 Å². The van der Waals surface area contributed by atoms with Gasteiger partial charge >= 0.3 is 0 Å². The summed E-state index contributed by atoms with van der Waals surface area (Å²) in [6, 6.07) is 0.829. The molecule has 4 heteroatoms. The summed E-state index contributed by atoms with van der Waals surface area (Å²) in [5.41, 5.74) is 0. The van der Waals surface area contributed by atoms with Crippen LogP contribution in [0.5, 0.6) is 0 Å². The topological polar surface area (TPSA) is 29.9 Å². The summed E-state index contributed by atoms with van der Waals surface area (Å²) in [5, 5.41) is 7.72. The Morgan fingerprint density at radius 1 is 1.67 bits per heavy atom. The van der Waals surface area contributed by atoms with Crippen molar-refractivity contribution in [1.29, 1.82) is 0 Å². The molecule has 84 valence electrons. The molecule has 1 aliphatic rings. The Labute approximate surface area is 95.6 Å². The summed E-state index contributed by atoms with van der Waals surface area (Å²) in [4.78, 5) is 1.27. The molecule has 1 N–H and O–H groups in total. The van der Waals surface area contributed by atoms with Crippen LogP contribution in [0.3, 0.4) is 0 Å². The van der Waals surface area contributed by atoms with Crippen LogP contribution >= 0.6 is 11.8 Å². The van der Waals surface area contributed by atoms with Crippen molar-refractivity contribution in [3.05, 3.63) is 12.4 Å². The fraction of sp³-hybridized carbons (Fsp3) is 0.727. The van der Waals surface area contributed by atoms with E-state index in [4.69, 9.17) is 0 Å². The molecule has 15 heavy (non-hydrogen) atoms. The SMILES string of the molecule is CC(CNC1CC1)CSc1cnn(C)c1. The summed E-state index contributed by atoms with van der Waals surface area (Å²) in [7, 11) is 1.96. The second-order valence-electron chi connectivity index (χ2n) is 4.45. The number of nitrogens with one attached hydrogen (secondary N) is 1. The number of hydrogen-bond acceptors (Lipinski definition) is 3. The molecule has 1 saturated carbocycles. The maximum Gasteiger partial charge on any atom is 0.0625 e. The zero-order chi connectivity index (χ0) is 10.7. The Balaban J connectivity index is 1.63. The van der Waals surface area contributed by atoms with Crippen molar-refractivity contribution in [3.63, 3.8) is 0 Å². The molecule has 3 nitrogen and oxygen atoms in total. The lowest BCUT2D eigenvalue weighted by Gasteiger charge is -2.10. The second-order valence-corrected chi connectivity index (χ2v) is 5.54. The molecule has 0 saturated heterocycles. The lowest BCUT2D eigenvalue weighted by Crippen LogP contribution is -2.24. The highest BCUT2D eigenvalue weighted by Crippen LogP contribution is 2.21. The molecule has 1 fully saturated rings. The molecule has 0 aliphatic heterocycles. The number of thioether (sulfide) groups is 1. The molecule has 0 bridgehead atoms. The number of nitrogens with zero attached hydrogens (tertiary/aromatic N) is 2. The van der Waals surface area contributed by atoms with Crippen LogP contribution < -0.4 is 5.32 Å². The van der Waals surface area contributed by atoms with E-state index in [9.17, 15) is 0 Å². The molecule has 0 aromatic carbocycles. The van der Waals surface area contributed by atoms with Crippen molar-refractivity contribution in [2.75, 3.05) is 12.3 Å². The smallest absolute Gasteiger partial charge is 0.0625 e. The van der Waals surface area contributed by atoms with Crippen LogP contribution in [0.15, 0.2) is 17.3 Å². The van der Waals surface area contributed by atoms with Gasteiger partial charge in [0.1, 0.15) is 0 Å². The van der Waals surface area contributed by atoms with Crippen molar-refractivity contribution in [1.82, 2.24) is 15.1 Å². The maximum absolute atomic E-state index is 4.16. The monoisotopic (exact) mass is 225 g/mol. The number of rotatable bonds is 6. The molecular formula is C11H19N3S. The van der Waals surface area contributed by atoms with Crippen LogP contribution in [-0.4, -0.2) is 28.1 Å². The summed E-state index contributed by atoms with van der Waals surface area (Å²) in [5.74, 6) is 1.90. The van der Waals surface area contributed by atoms with Gasteiger partial charge < -0.3 is 5.32 Å². The zero-order valence-corrected chi connectivity index (χ0v) is 10.3. The average molecular weight is 225 g/mol. The van der Waals surface area contributed by atoms with Crippen LogP contribution in [0, 0.1) is 5.92 Å². The first-order chi connectivity index (χ1) is 7.24. The fourth-order valence-corrected chi connectivity index (χ4v) is 2.37. The standard InChI is InChI=1S/C11H19N3S/c1-9(5-12-10-3-4-10)8-15-11-6-13-14(2)7-11/h6-7,9-10,12H,3-5,8H2,1-2H3. The Morgan fingerprint density at radius 2 is 2.47 bits per heavy atom. The highest BCUT2D eigenvalue weighted by atomic mass is 32.2. The predicted molar refractivity (Wildman–Crippen MR) is 64.1 cm³/mol. The third kappa shape index (κ3) is 3.87. The van der Waals surface area contributed by atoms with Gasteiger partial charge in [-0.15, -0.1) is 11.8 Å². The minimum Gasteiger partial charge on any atom is -0.314 e. The average Bonchev–Trinajstić information content (AvgIpc) is 2.95. The van der Waals surface area contributed by atoms with E-state index in [1.807, 2.05) is 29.7 Å². The Kier molecular flexibility index (Phi) is 3.70. The van der Waals surface area contributed by atoms with Gasteiger partial charge in [0, 0.05) is 29.9 Å². The summed E-state index contributed by atoms with van der Waals surface area (Å²) >= 11 is 1.90. The van der Waals surface area contributed by atoms with Crippen LogP contribution in [0.1, 0.15) is 19.8 Å². The first kappa shape index (κ1) is 11.0. The first-order valence-electron chi connectivity index (χ1n) is 5.59. The molecular weight excluding hydrogens is 206 g/mol. The lowest BCUT2D eigenvalue weighted by atomic mass is 10.2. The van der Waals surface area contributed by atoms with E-state index < -0.39 is 0 Å². The van der Waals surface area contributed by atoms with Crippen molar-refractivity contribution >= 4 is 11.8 Å². The number of aromatic nitrogens is 2.